The molecule has 2 aromatic rings. The smallest absolute Gasteiger partial charge is 0.263 e. The fraction of sp³-hybridized carbons (Fsp3) is 0.450. The van der Waals surface area contributed by atoms with E-state index in [0.29, 0.717) is 41.0 Å². The van der Waals surface area contributed by atoms with E-state index in [1.54, 1.807) is 19.1 Å². The van der Waals surface area contributed by atoms with Gasteiger partial charge in [-0.25, -0.2) is 4.98 Å². The molecular formula is C20H25N3O4S. The standard InChI is InChI=1S/C20H25N3O4S/c1-12(2)17-18(28-20(22-17)23-9-5-6-16(23)24)19(25)21-11-13-10-14(26-3)7-8-15(13)27-4/h7-8,10,12H,5-6,9,11H2,1-4H3,(H,21,25). The van der Waals surface area contributed by atoms with Crippen LogP contribution in [0.1, 0.15) is 53.5 Å². The SMILES string of the molecule is COc1ccc(OC)c(CNC(=O)c2sc(N3CCCC3=O)nc2C(C)C)c1. The van der Waals surface area contributed by atoms with Gasteiger partial charge in [0.1, 0.15) is 16.4 Å². The van der Waals surface area contributed by atoms with Crippen molar-refractivity contribution >= 4 is 28.3 Å². The third-order valence-electron chi connectivity index (χ3n) is 4.63. The van der Waals surface area contributed by atoms with Crippen LogP contribution in [0.25, 0.3) is 0 Å². The predicted octanol–water partition coefficient (Wildman–Crippen LogP) is 3.34. The fourth-order valence-electron chi connectivity index (χ4n) is 3.12. The Morgan fingerprint density at radius 3 is 2.71 bits per heavy atom. The van der Waals surface area contributed by atoms with Crippen molar-refractivity contribution in [2.75, 3.05) is 25.7 Å². The topological polar surface area (TPSA) is 80.8 Å². The Balaban J connectivity index is 1.81. The number of amides is 2. The lowest BCUT2D eigenvalue weighted by Crippen LogP contribution is -2.23. The number of anilines is 1. The number of nitrogens with one attached hydrogen (secondary N) is 1. The van der Waals surface area contributed by atoms with Gasteiger partial charge in [0.25, 0.3) is 5.91 Å². The van der Waals surface area contributed by atoms with Crippen LogP contribution in [0, 0.1) is 0 Å². The molecule has 150 valence electrons. The van der Waals surface area contributed by atoms with Gasteiger partial charge in [0.2, 0.25) is 5.91 Å². The molecule has 1 aromatic heterocycles. The van der Waals surface area contributed by atoms with Crippen molar-refractivity contribution in [1.29, 1.82) is 0 Å². The number of benzene rings is 1. The van der Waals surface area contributed by atoms with Gasteiger partial charge in [-0.15, -0.1) is 0 Å². The van der Waals surface area contributed by atoms with E-state index in [2.05, 4.69) is 10.3 Å². The van der Waals surface area contributed by atoms with Crippen molar-refractivity contribution in [2.45, 2.75) is 39.2 Å². The van der Waals surface area contributed by atoms with Gasteiger partial charge in [-0.2, -0.15) is 0 Å². The molecule has 1 N–H and O–H groups in total. The molecule has 8 heteroatoms. The molecule has 0 atom stereocenters. The first-order valence-corrected chi connectivity index (χ1v) is 10.1. The minimum absolute atomic E-state index is 0.0668. The Bertz CT molecular complexity index is 878. The Hall–Kier alpha value is -2.61. The zero-order valence-electron chi connectivity index (χ0n) is 16.6. The fourth-order valence-corrected chi connectivity index (χ4v) is 4.30. The summed E-state index contributed by atoms with van der Waals surface area (Å²) < 4.78 is 10.6. The highest BCUT2D eigenvalue weighted by atomic mass is 32.1. The van der Waals surface area contributed by atoms with Gasteiger partial charge in [-0.05, 0) is 30.5 Å². The molecule has 0 unspecified atom stereocenters. The molecule has 7 nitrogen and oxygen atoms in total. The van der Waals surface area contributed by atoms with Crippen molar-refractivity contribution < 1.29 is 19.1 Å². The van der Waals surface area contributed by atoms with E-state index in [1.165, 1.54) is 11.3 Å². The molecule has 1 aromatic carbocycles. The van der Waals surface area contributed by atoms with Gasteiger partial charge in [0.15, 0.2) is 5.13 Å². The first kappa shape index (κ1) is 20.1. The third kappa shape index (κ3) is 4.11. The van der Waals surface area contributed by atoms with Crippen LogP contribution in [0.2, 0.25) is 0 Å². The number of methoxy groups -OCH3 is 2. The summed E-state index contributed by atoms with van der Waals surface area (Å²) >= 11 is 1.28. The van der Waals surface area contributed by atoms with E-state index in [9.17, 15) is 9.59 Å². The predicted molar refractivity (Wildman–Crippen MR) is 109 cm³/mol. The van der Waals surface area contributed by atoms with Gasteiger partial charge in [0.05, 0.1) is 19.9 Å². The zero-order valence-corrected chi connectivity index (χ0v) is 17.4. The minimum Gasteiger partial charge on any atom is -0.497 e. The van der Waals surface area contributed by atoms with E-state index >= 15 is 0 Å². The average molecular weight is 404 g/mol. The van der Waals surface area contributed by atoms with Crippen LogP contribution in [-0.2, 0) is 11.3 Å². The molecule has 1 saturated heterocycles. The van der Waals surface area contributed by atoms with E-state index in [-0.39, 0.29) is 17.7 Å². The first-order valence-electron chi connectivity index (χ1n) is 9.24. The second-order valence-electron chi connectivity index (χ2n) is 6.87. The summed E-state index contributed by atoms with van der Waals surface area (Å²) in [7, 11) is 3.18. The van der Waals surface area contributed by atoms with Crippen LogP contribution in [0.15, 0.2) is 18.2 Å². The van der Waals surface area contributed by atoms with Crippen LogP contribution in [0.5, 0.6) is 11.5 Å². The van der Waals surface area contributed by atoms with Gasteiger partial charge < -0.3 is 14.8 Å². The maximum Gasteiger partial charge on any atom is 0.263 e. The minimum atomic E-state index is -0.205. The van der Waals surface area contributed by atoms with Crippen molar-refractivity contribution in [3.8, 4) is 11.5 Å². The molecule has 0 aliphatic carbocycles. The highest BCUT2D eigenvalue weighted by molar-refractivity contribution is 7.17. The third-order valence-corrected chi connectivity index (χ3v) is 5.72. The number of hydrogen-bond acceptors (Lipinski definition) is 6. The second kappa shape index (κ2) is 8.60. The Labute approximate surface area is 168 Å². The molecule has 3 rings (SSSR count). The lowest BCUT2D eigenvalue weighted by atomic mass is 10.1. The molecule has 2 amide bonds. The van der Waals surface area contributed by atoms with Crippen LogP contribution in [0.4, 0.5) is 5.13 Å². The van der Waals surface area contributed by atoms with Crippen LogP contribution in [0.3, 0.4) is 0 Å². The molecule has 1 fully saturated rings. The quantitative estimate of drug-likeness (QED) is 0.767. The van der Waals surface area contributed by atoms with Crippen molar-refractivity contribution in [3.05, 3.63) is 34.3 Å². The number of nitrogens with zero attached hydrogens (tertiary/aromatic N) is 2. The van der Waals surface area contributed by atoms with Gasteiger partial charge in [-0.3, -0.25) is 14.5 Å². The molecule has 2 heterocycles. The summed E-state index contributed by atoms with van der Waals surface area (Å²) in [4.78, 5) is 31.8. The number of carbonyl (C=O) groups is 2. The summed E-state index contributed by atoms with van der Waals surface area (Å²) in [6.07, 6.45) is 1.36. The van der Waals surface area contributed by atoms with Gasteiger partial charge in [-0.1, -0.05) is 25.2 Å². The number of aromatic nitrogens is 1. The van der Waals surface area contributed by atoms with Crippen molar-refractivity contribution in [2.24, 2.45) is 0 Å². The normalized spacial score (nSPS) is 13.9. The van der Waals surface area contributed by atoms with Crippen molar-refractivity contribution in [1.82, 2.24) is 10.3 Å². The number of ether oxygens (including phenoxy) is 2. The maximum absolute atomic E-state index is 12.9. The molecule has 0 saturated carbocycles. The molecule has 0 spiro atoms. The number of hydrogen-bond donors (Lipinski definition) is 1. The lowest BCUT2D eigenvalue weighted by Gasteiger charge is -2.12. The van der Waals surface area contributed by atoms with E-state index in [1.807, 2.05) is 32.0 Å². The maximum atomic E-state index is 12.9. The summed E-state index contributed by atoms with van der Waals surface area (Å²) in [5, 5.41) is 3.55. The van der Waals surface area contributed by atoms with E-state index in [4.69, 9.17) is 9.47 Å². The molecule has 0 bridgehead atoms. The summed E-state index contributed by atoms with van der Waals surface area (Å²) in [5.74, 6) is 1.31. The van der Waals surface area contributed by atoms with Crippen LogP contribution >= 0.6 is 11.3 Å². The summed E-state index contributed by atoms with van der Waals surface area (Å²) in [6, 6.07) is 5.46. The molecule has 28 heavy (non-hydrogen) atoms. The summed E-state index contributed by atoms with van der Waals surface area (Å²) in [5.41, 5.74) is 1.54. The Morgan fingerprint density at radius 2 is 2.11 bits per heavy atom. The van der Waals surface area contributed by atoms with Crippen LogP contribution < -0.4 is 19.7 Å². The molecule has 1 aliphatic heterocycles. The number of thiazole rings is 1. The van der Waals surface area contributed by atoms with Gasteiger partial charge >= 0.3 is 0 Å². The Kier molecular flexibility index (Phi) is 6.18. The number of rotatable bonds is 7. The van der Waals surface area contributed by atoms with Crippen LogP contribution in [-0.4, -0.2) is 37.6 Å². The molecule has 1 aliphatic rings. The van der Waals surface area contributed by atoms with E-state index in [0.717, 1.165) is 17.7 Å². The number of carbonyl (C=O) groups excluding carboxylic acids is 2. The van der Waals surface area contributed by atoms with Gasteiger partial charge in [0, 0.05) is 25.1 Å². The zero-order chi connectivity index (χ0) is 20.3. The van der Waals surface area contributed by atoms with E-state index < -0.39 is 0 Å². The highest BCUT2D eigenvalue weighted by Crippen LogP contribution is 2.33. The second-order valence-corrected chi connectivity index (χ2v) is 7.85. The molecular weight excluding hydrogens is 378 g/mol. The lowest BCUT2D eigenvalue weighted by molar-refractivity contribution is -0.117. The van der Waals surface area contributed by atoms with Crippen molar-refractivity contribution in [3.63, 3.8) is 0 Å². The average Bonchev–Trinajstić information content (AvgIpc) is 3.32. The first-order chi connectivity index (χ1) is 13.4. The monoisotopic (exact) mass is 403 g/mol. The largest absolute Gasteiger partial charge is 0.497 e. The summed E-state index contributed by atoms with van der Waals surface area (Å²) in [6.45, 7) is 4.94. The highest BCUT2D eigenvalue weighted by Gasteiger charge is 2.28. The Morgan fingerprint density at radius 1 is 1.32 bits per heavy atom. The molecule has 0 radical (unpaired) electrons.